The molecule has 0 unspecified atom stereocenters. The Morgan fingerprint density at radius 1 is 0.979 bits per heavy atom. The molecular weight excluding hydrogens is 637 g/mol. The Bertz CT molecular complexity index is 1900. The number of benzene rings is 3. The van der Waals surface area contributed by atoms with Crippen LogP contribution in [-0.4, -0.2) is 68.8 Å². The molecule has 1 aliphatic rings. The van der Waals surface area contributed by atoms with Crippen LogP contribution in [0.4, 0.5) is 35.3 Å². The highest BCUT2D eigenvalue weighted by Gasteiger charge is 2.34. The van der Waals surface area contributed by atoms with Gasteiger partial charge < -0.3 is 19.9 Å². The summed E-state index contributed by atoms with van der Waals surface area (Å²) in [5, 5.41) is 12.1. The number of amides is 3. The van der Waals surface area contributed by atoms with Crippen LogP contribution in [0, 0.1) is 17.5 Å². The molecule has 47 heavy (non-hydrogen) atoms. The van der Waals surface area contributed by atoms with Crippen LogP contribution in [0.15, 0.2) is 71.2 Å². The maximum atomic E-state index is 14.6. The molecule has 3 N–H and O–H groups in total. The van der Waals surface area contributed by atoms with Gasteiger partial charge in [-0.3, -0.25) is 14.5 Å². The summed E-state index contributed by atoms with van der Waals surface area (Å²) in [5.74, 6) is -3.58. The summed E-state index contributed by atoms with van der Waals surface area (Å²) >= 11 is 0. The molecule has 1 aromatic heterocycles. The molecule has 1 aliphatic heterocycles. The van der Waals surface area contributed by atoms with Crippen molar-refractivity contribution in [2.24, 2.45) is 4.36 Å². The molecule has 5 rings (SSSR count). The van der Waals surface area contributed by atoms with Crippen LogP contribution >= 0.6 is 0 Å². The highest BCUT2D eigenvalue weighted by molar-refractivity contribution is 7.98. The molecule has 0 saturated heterocycles. The Hall–Kier alpha value is -5.15. The van der Waals surface area contributed by atoms with E-state index in [-0.39, 0.29) is 41.3 Å². The van der Waals surface area contributed by atoms with Crippen molar-refractivity contribution in [3.05, 3.63) is 101 Å². The quantitative estimate of drug-likeness (QED) is 0.0837. The summed E-state index contributed by atoms with van der Waals surface area (Å²) in [5.41, 5.74) is 1.69. The Kier molecular flexibility index (Phi) is 9.67. The fraction of sp³-hybridized carbons (Fsp3) is 0.219. The van der Waals surface area contributed by atoms with E-state index in [1.54, 1.807) is 42.5 Å². The van der Waals surface area contributed by atoms with Gasteiger partial charge in [0.15, 0.2) is 5.82 Å². The molecule has 0 aliphatic carbocycles. The van der Waals surface area contributed by atoms with Gasteiger partial charge in [0, 0.05) is 48.9 Å². The van der Waals surface area contributed by atoms with E-state index in [2.05, 4.69) is 19.6 Å². The molecular formula is C32H31F3N6O5S. The summed E-state index contributed by atoms with van der Waals surface area (Å²) < 4.78 is 56.7. The number of rotatable bonds is 11. The van der Waals surface area contributed by atoms with Crippen molar-refractivity contribution in [2.45, 2.75) is 18.6 Å². The zero-order valence-corrected chi connectivity index (χ0v) is 26.2. The predicted octanol–water partition coefficient (Wildman–Crippen LogP) is 6.17. The summed E-state index contributed by atoms with van der Waals surface area (Å²) in [7, 11) is -1.45. The first-order chi connectivity index (χ1) is 22.3. The topological polar surface area (TPSA) is 148 Å². The average Bonchev–Trinajstić information content (AvgIpc) is 3.24. The van der Waals surface area contributed by atoms with E-state index in [4.69, 9.17) is 5.11 Å². The number of aromatic nitrogens is 2. The van der Waals surface area contributed by atoms with E-state index in [1.165, 1.54) is 11.2 Å². The van der Waals surface area contributed by atoms with Crippen LogP contribution in [0.3, 0.4) is 0 Å². The monoisotopic (exact) mass is 668 g/mol. The van der Waals surface area contributed by atoms with Crippen molar-refractivity contribution in [2.75, 3.05) is 36.6 Å². The van der Waals surface area contributed by atoms with Gasteiger partial charge >= 0.3 is 6.09 Å². The third-order valence-electron chi connectivity index (χ3n) is 7.39. The van der Waals surface area contributed by atoms with Crippen LogP contribution in [0.25, 0.3) is 11.3 Å². The first kappa shape index (κ1) is 33.2. The lowest BCUT2D eigenvalue weighted by molar-refractivity contribution is 0.0651. The molecule has 0 bridgehead atoms. The summed E-state index contributed by atoms with van der Waals surface area (Å²) in [6.07, 6.45) is 1.85. The minimum absolute atomic E-state index is 0.0777. The number of nitrogens with zero attached hydrogens (tertiary/aromatic N) is 5. The van der Waals surface area contributed by atoms with Crippen molar-refractivity contribution < 1.29 is 37.2 Å². The van der Waals surface area contributed by atoms with Crippen LogP contribution in [0.5, 0.6) is 0 Å². The van der Waals surface area contributed by atoms with Gasteiger partial charge in [-0.1, -0.05) is 22.2 Å². The van der Waals surface area contributed by atoms with Crippen LogP contribution in [-0.2, 0) is 15.9 Å². The molecule has 15 heteroatoms. The molecule has 4 aromatic rings. The van der Waals surface area contributed by atoms with Gasteiger partial charge in [0.25, 0.3) is 11.8 Å². The summed E-state index contributed by atoms with van der Waals surface area (Å²) in [6, 6.07) is 14.4. The van der Waals surface area contributed by atoms with Crippen molar-refractivity contribution in [1.82, 2.24) is 14.9 Å². The average molecular weight is 669 g/mol. The van der Waals surface area contributed by atoms with Crippen LogP contribution in [0.2, 0.25) is 0 Å². The molecule has 0 radical (unpaired) electrons. The van der Waals surface area contributed by atoms with E-state index < -0.39 is 33.7 Å². The number of thiol groups is 1. The van der Waals surface area contributed by atoms with Crippen LogP contribution < -0.4 is 10.2 Å². The number of unbranched alkanes of at least 4 members (excludes halogenated alkanes) is 1. The number of hydrogen-bond acceptors (Lipinski definition) is 7. The molecule has 0 atom stereocenters. The standard InChI is InChI=1S/C32H31F3N6O5S/c1-40(11-5-6-12-41-29(42)23-7-3-4-8-24(23)30(41)43)22-14-19(18-47(2,46)39-32(44)45)13-21(16-22)37-31-36-17-27(35)28(38-31)25-10-9-20(33)15-26(25)34/h3-4,7-10,13-17,47H,5-6,11-12,18H2,1-2H3,(H,39,46)(H,44,45)(H,36,37,38). The Balaban J connectivity index is 1.35. The predicted molar refractivity (Wildman–Crippen MR) is 173 cm³/mol. The third kappa shape index (κ3) is 7.81. The molecule has 2 heterocycles. The number of anilines is 3. The van der Waals surface area contributed by atoms with Gasteiger partial charge in [-0.25, -0.2) is 27.9 Å². The van der Waals surface area contributed by atoms with Gasteiger partial charge in [-0.05, 0) is 67.1 Å². The van der Waals surface area contributed by atoms with Crippen molar-refractivity contribution >= 4 is 45.3 Å². The number of carboxylic acid groups (broad SMARTS) is 1. The SMILES string of the molecule is CN(CCCCN1C(=O)c2ccccc2C1=O)c1cc(C[SH](C)(O)=NC(=O)O)cc(Nc2ncc(F)c(-c3ccc(F)cc3F)n2)c1. The number of hydrogen-bond donors (Lipinski definition) is 4. The third-order valence-corrected chi connectivity index (χ3v) is 8.96. The largest absolute Gasteiger partial charge is 0.463 e. The zero-order valence-electron chi connectivity index (χ0n) is 25.3. The highest BCUT2D eigenvalue weighted by Crippen LogP contribution is 2.29. The fourth-order valence-corrected chi connectivity index (χ4v) is 6.55. The van der Waals surface area contributed by atoms with Gasteiger partial charge in [-0.15, -0.1) is 0 Å². The van der Waals surface area contributed by atoms with E-state index in [0.29, 0.717) is 53.5 Å². The lowest BCUT2D eigenvalue weighted by Crippen LogP contribution is -2.31. The first-order valence-corrected chi connectivity index (χ1v) is 16.7. The molecule has 0 spiro atoms. The van der Waals surface area contributed by atoms with E-state index in [0.717, 1.165) is 18.3 Å². The van der Waals surface area contributed by atoms with E-state index >= 15 is 0 Å². The number of halogens is 3. The maximum Gasteiger partial charge on any atom is 0.437 e. The molecule has 11 nitrogen and oxygen atoms in total. The Labute approximate surface area is 269 Å². The molecule has 0 fully saturated rings. The maximum absolute atomic E-state index is 14.6. The van der Waals surface area contributed by atoms with E-state index in [1.807, 2.05) is 11.9 Å². The van der Waals surface area contributed by atoms with Gasteiger partial charge in [0.2, 0.25) is 5.95 Å². The zero-order chi connectivity index (χ0) is 33.9. The Morgan fingerprint density at radius 2 is 1.68 bits per heavy atom. The number of nitrogens with one attached hydrogen (secondary N) is 1. The normalized spacial score (nSPS) is 13.0. The van der Waals surface area contributed by atoms with Crippen molar-refractivity contribution in [3.63, 3.8) is 0 Å². The minimum atomic E-state index is -3.26. The fourth-order valence-electron chi connectivity index (χ4n) is 5.24. The highest BCUT2D eigenvalue weighted by atomic mass is 32.3. The van der Waals surface area contributed by atoms with Gasteiger partial charge in [0.05, 0.1) is 17.3 Å². The number of imide groups is 1. The minimum Gasteiger partial charge on any atom is -0.463 e. The smallest absolute Gasteiger partial charge is 0.437 e. The number of carbonyl (C=O) groups excluding carboxylic acids is 2. The first-order valence-electron chi connectivity index (χ1n) is 14.4. The molecule has 3 amide bonds. The Morgan fingerprint density at radius 3 is 2.34 bits per heavy atom. The van der Waals surface area contributed by atoms with Crippen molar-refractivity contribution in [1.29, 1.82) is 0 Å². The molecule has 246 valence electrons. The van der Waals surface area contributed by atoms with Gasteiger partial charge in [0.1, 0.15) is 17.3 Å². The molecule has 3 aromatic carbocycles. The summed E-state index contributed by atoms with van der Waals surface area (Å²) in [4.78, 5) is 47.7. The second kappa shape index (κ2) is 13.7. The summed E-state index contributed by atoms with van der Waals surface area (Å²) in [6.45, 7) is 0.744. The van der Waals surface area contributed by atoms with E-state index in [9.17, 15) is 32.1 Å². The second-order valence-corrected chi connectivity index (χ2v) is 13.8. The molecule has 0 saturated carbocycles. The number of fused-ring (bicyclic) bond motifs is 1. The van der Waals surface area contributed by atoms with Crippen LogP contribution in [0.1, 0.15) is 39.1 Å². The number of carbonyl (C=O) groups is 3. The lowest BCUT2D eigenvalue weighted by atomic mass is 10.1. The van der Waals surface area contributed by atoms with Crippen molar-refractivity contribution in [3.8, 4) is 11.3 Å². The second-order valence-electron chi connectivity index (χ2n) is 11.1. The lowest BCUT2D eigenvalue weighted by Gasteiger charge is -2.24. The van der Waals surface area contributed by atoms with Gasteiger partial charge in [-0.2, -0.15) is 4.36 Å².